The minimum absolute atomic E-state index is 0.549. The van der Waals surface area contributed by atoms with Crippen LogP contribution in [0.3, 0.4) is 0 Å². The second kappa shape index (κ2) is 4.04. The molecule has 17 heavy (non-hydrogen) atoms. The maximum atomic E-state index is 6.36. The van der Waals surface area contributed by atoms with Gasteiger partial charge < -0.3 is 10.3 Å². The highest BCUT2D eigenvalue weighted by atomic mass is 15.2. The second-order valence-electron chi connectivity index (χ2n) is 5.63. The quantitative estimate of drug-likeness (QED) is 0.844. The van der Waals surface area contributed by atoms with E-state index in [2.05, 4.69) is 18.4 Å². The van der Waals surface area contributed by atoms with Gasteiger partial charge >= 0.3 is 0 Å². The van der Waals surface area contributed by atoms with Gasteiger partial charge in [-0.25, -0.2) is 4.98 Å². The lowest BCUT2D eigenvalue weighted by atomic mass is 9.99. The van der Waals surface area contributed by atoms with Crippen molar-refractivity contribution >= 4 is 5.82 Å². The predicted molar refractivity (Wildman–Crippen MR) is 70.2 cm³/mol. The van der Waals surface area contributed by atoms with E-state index in [9.17, 15) is 0 Å². The fraction of sp³-hybridized carbons (Fsp3) is 0.786. The van der Waals surface area contributed by atoms with Crippen LogP contribution in [0.4, 0.5) is 5.82 Å². The Morgan fingerprint density at radius 1 is 1.24 bits per heavy atom. The molecule has 0 aromatic carbocycles. The van der Waals surface area contributed by atoms with E-state index in [-0.39, 0.29) is 0 Å². The number of aromatic nitrogens is 2. The van der Waals surface area contributed by atoms with Gasteiger partial charge in [0.25, 0.3) is 0 Å². The third-order valence-corrected chi connectivity index (χ3v) is 4.23. The zero-order valence-corrected chi connectivity index (χ0v) is 10.9. The lowest BCUT2D eigenvalue weighted by molar-refractivity contribution is 0.626. The van der Waals surface area contributed by atoms with Crippen molar-refractivity contribution in [2.45, 2.75) is 70.3 Å². The number of imidazole rings is 1. The molecule has 0 atom stereocenters. The van der Waals surface area contributed by atoms with E-state index in [0.717, 1.165) is 18.7 Å². The Bertz CT molecular complexity index is 409. The number of anilines is 1. The molecule has 1 heterocycles. The van der Waals surface area contributed by atoms with Crippen LogP contribution < -0.4 is 5.73 Å². The van der Waals surface area contributed by atoms with Gasteiger partial charge in [-0.15, -0.1) is 0 Å². The summed E-state index contributed by atoms with van der Waals surface area (Å²) in [6.45, 7) is 4.47. The van der Waals surface area contributed by atoms with Crippen LogP contribution in [0.15, 0.2) is 0 Å². The van der Waals surface area contributed by atoms with E-state index >= 15 is 0 Å². The number of hydrogen-bond acceptors (Lipinski definition) is 2. The standard InChI is InChI=1S/C14H23N3/c1-3-9(4-2)12-13(15)17(11-7-8-11)14(16-12)10-5-6-10/h9-11H,3-8,15H2,1-2H3. The molecule has 0 saturated heterocycles. The lowest BCUT2D eigenvalue weighted by Crippen LogP contribution is -2.06. The first kappa shape index (κ1) is 11.1. The monoisotopic (exact) mass is 233 g/mol. The first-order valence-corrected chi connectivity index (χ1v) is 7.13. The van der Waals surface area contributed by atoms with Crippen molar-refractivity contribution in [2.75, 3.05) is 5.73 Å². The summed E-state index contributed by atoms with van der Waals surface area (Å²) in [4.78, 5) is 4.91. The van der Waals surface area contributed by atoms with E-state index in [1.165, 1.54) is 37.2 Å². The predicted octanol–water partition coefficient (Wildman–Crippen LogP) is 3.58. The highest BCUT2D eigenvalue weighted by Crippen LogP contribution is 2.47. The van der Waals surface area contributed by atoms with Crippen molar-refractivity contribution in [3.05, 3.63) is 11.5 Å². The second-order valence-corrected chi connectivity index (χ2v) is 5.63. The van der Waals surface area contributed by atoms with Gasteiger partial charge in [0.15, 0.2) is 0 Å². The van der Waals surface area contributed by atoms with Gasteiger partial charge in [0, 0.05) is 17.9 Å². The third-order valence-electron chi connectivity index (χ3n) is 4.23. The summed E-state index contributed by atoms with van der Waals surface area (Å²) < 4.78 is 2.37. The van der Waals surface area contributed by atoms with Crippen LogP contribution in [0, 0.1) is 0 Å². The minimum atomic E-state index is 0.549. The average molecular weight is 233 g/mol. The summed E-state index contributed by atoms with van der Waals surface area (Å²) in [5.41, 5.74) is 7.55. The molecule has 0 unspecified atom stereocenters. The Balaban J connectivity index is 2.00. The zero-order chi connectivity index (χ0) is 12.0. The van der Waals surface area contributed by atoms with Crippen LogP contribution in [-0.4, -0.2) is 9.55 Å². The van der Waals surface area contributed by atoms with Crippen molar-refractivity contribution in [3.8, 4) is 0 Å². The summed E-state index contributed by atoms with van der Waals surface area (Å²) in [6, 6.07) is 0.668. The molecular weight excluding hydrogens is 210 g/mol. The molecule has 3 heteroatoms. The van der Waals surface area contributed by atoms with Crippen LogP contribution in [-0.2, 0) is 0 Å². The Morgan fingerprint density at radius 3 is 2.35 bits per heavy atom. The van der Waals surface area contributed by atoms with Crippen molar-refractivity contribution in [2.24, 2.45) is 0 Å². The smallest absolute Gasteiger partial charge is 0.127 e. The van der Waals surface area contributed by atoms with E-state index in [1.54, 1.807) is 0 Å². The fourth-order valence-corrected chi connectivity index (χ4v) is 2.80. The molecule has 2 aliphatic rings. The summed E-state index contributed by atoms with van der Waals surface area (Å²) in [6.07, 6.45) is 7.50. The SMILES string of the molecule is CCC(CC)c1nc(C2CC2)n(C2CC2)c1N. The average Bonchev–Trinajstić information content (AvgIpc) is 3.22. The van der Waals surface area contributed by atoms with E-state index in [0.29, 0.717) is 17.9 Å². The third kappa shape index (κ3) is 1.85. The first-order chi connectivity index (χ1) is 8.26. The normalized spacial score (nSPS) is 20.2. The maximum Gasteiger partial charge on any atom is 0.127 e. The van der Waals surface area contributed by atoms with Crippen molar-refractivity contribution in [3.63, 3.8) is 0 Å². The maximum absolute atomic E-state index is 6.36. The Morgan fingerprint density at radius 2 is 1.88 bits per heavy atom. The molecule has 0 amide bonds. The molecule has 2 fully saturated rings. The van der Waals surface area contributed by atoms with Crippen LogP contribution in [0.2, 0.25) is 0 Å². The summed E-state index contributed by atoms with van der Waals surface area (Å²) >= 11 is 0. The van der Waals surface area contributed by atoms with Crippen LogP contribution in [0.5, 0.6) is 0 Å². The van der Waals surface area contributed by atoms with Gasteiger partial charge in [0.1, 0.15) is 11.6 Å². The summed E-state index contributed by atoms with van der Waals surface area (Å²) in [5, 5.41) is 0. The minimum Gasteiger partial charge on any atom is -0.384 e. The van der Waals surface area contributed by atoms with Gasteiger partial charge in [0.05, 0.1) is 5.69 Å². The highest BCUT2D eigenvalue weighted by Gasteiger charge is 2.37. The molecule has 2 N–H and O–H groups in total. The Hall–Kier alpha value is -0.990. The number of nitrogens with zero attached hydrogens (tertiary/aromatic N) is 2. The molecule has 3 nitrogen and oxygen atoms in total. The molecule has 2 saturated carbocycles. The molecule has 2 aliphatic carbocycles. The largest absolute Gasteiger partial charge is 0.384 e. The highest BCUT2D eigenvalue weighted by molar-refractivity contribution is 5.43. The van der Waals surface area contributed by atoms with Gasteiger partial charge in [0.2, 0.25) is 0 Å². The topological polar surface area (TPSA) is 43.8 Å². The van der Waals surface area contributed by atoms with Crippen molar-refractivity contribution in [1.82, 2.24) is 9.55 Å². The summed E-state index contributed by atoms with van der Waals surface area (Å²) in [7, 11) is 0. The Labute approximate surface area is 103 Å². The van der Waals surface area contributed by atoms with Crippen molar-refractivity contribution in [1.29, 1.82) is 0 Å². The van der Waals surface area contributed by atoms with Gasteiger partial charge in [-0.05, 0) is 38.5 Å². The van der Waals surface area contributed by atoms with Crippen LogP contribution in [0.25, 0.3) is 0 Å². The fourth-order valence-electron chi connectivity index (χ4n) is 2.80. The molecule has 0 bridgehead atoms. The van der Waals surface area contributed by atoms with E-state index in [1.807, 2.05) is 0 Å². The number of hydrogen-bond donors (Lipinski definition) is 1. The van der Waals surface area contributed by atoms with Crippen LogP contribution in [0.1, 0.15) is 81.8 Å². The zero-order valence-electron chi connectivity index (χ0n) is 10.9. The number of rotatable bonds is 5. The van der Waals surface area contributed by atoms with Crippen molar-refractivity contribution < 1.29 is 0 Å². The molecule has 0 radical (unpaired) electrons. The summed E-state index contributed by atoms with van der Waals surface area (Å²) in [5.74, 6) is 3.53. The first-order valence-electron chi connectivity index (χ1n) is 7.13. The van der Waals surface area contributed by atoms with Crippen LogP contribution >= 0.6 is 0 Å². The Kier molecular flexibility index (Phi) is 2.64. The lowest BCUT2D eigenvalue weighted by Gasteiger charge is -2.11. The molecule has 1 aromatic heterocycles. The molecule has 94 valence electrons. The van der Waals surface area contributed by atoms with Gasteiger partial charge in [-0.2, -0.15) is 0 Å². The van der Waals surface area contributed by atoms with E-state index in [4.69, 9.17) is 10.7 Å². The molecule has 0 spiro atoms. The molecule has 3 rings (SSSR count). The molecule has 1 aromatic rings. The van der Waals surface area contributed by atoms with Gasteiger partial charge in [-0.1, -0.05) is 13.8 Å². The van der Waals surface area contributed by atoms with Gasteiger partial charge in [-0.3, -0.25) is 0 Å². The van der Waals surface area contributed by atoms with E-state index < -0.39 is 0 Å². The molecule has 0 aliphatic heterocycles. The molecular formula is C14H23N3. The number of nitrogens with two attached hydrogens (primary N) is 1. The number of nitrogen functional groups attached to an aromatic ring is 1.